The van der Waals surface area contributed by atoms with Gasteiger partial charge in [0, 0.05) is 36.2 Å². The second kappa shape index (κ2) is 31.4. The van der Waals surface area contributed by atoms with E-state index in [2.05, 4.69) is 52.4 Å². The van der Waals surface area contributed by atoms with Gasteiger partial charge >= 0.3 is 0 Å². The number of hydrogen-bond acceptors (Lipinski definition) is 1. The molecule has 1 heterocycles. The summed E-state index contributed by atoms with van der Waals surface area (Å²) in [5.41, 5.74) is 0. The van der Waals surface area contributed by atoms with Crippen LogP contribution in [0, 0.1) is 0 Å². The van der Waals surface area contributed by atoms with Crippen molar-refractivity contribution in [2.75, 3.05) is 0 Å². The number of unbranched alkanes of at least 4 members (excludes halogenated alkanes) is 3. The SMILES string of the molecule is CCCC.CCCC.CCCC.FC1C=C=NC=C1.[Sn]. The third kappa shape index (κ3) is 43.0. The van der Waals surface area contributed by atoms with Gasteiger partial charge in [0.2, 0.25) is 0 Å². The molecule has 1 aliphatic heterocycles. The summed E-state index contributed by atoms with van der Waals surface area (Å²) in [6, 6.07) is 0. The third-order valence-corrected chi connectivity index (χ3v) is 2.15. The molecule has 0 aromatic heterocycles. The first-order chi connectivity index (χ1) is 9.14. The molecule has 1 atom stereocenters. The summed E-state index contributed by atoms with van der Waals surface area (Å²) in [6.07, 6.45) is 11.0. The fourth-order valence-electron chi connectivity index (χ4n) is 0.338. The Morgan fingerprint density at radius 2 is 1.20 bits per heavy atom. The maximum absolute atomic E-state index is 11.9. The number of hydrogen-bond donors (Lipinski definition) is 0. The average Bonchev–Trinajstić information content (AvgIpc) is 2.48. The molecule has 0 N–H and O–H groups in total. The maximum atomic E-state index is 11.9. The second-order valence-electron chi connectivity index (χ2n) is 4.21. The molecule has 1 aliphatic rings. The zero-order valence-corrected chi connectivity index (χ0v) is 17.2. The number of rotatable bonds is 3. The molecule has 1 nitrogen and oxygen atoms in total. The quantitative estimate of drug-likeness (QED) is 0.515. The Morgan fingerprint density at radius 3 is 1.30 bits per heavy atom. The van der Waals surface area contributed by atoms with Gasteiger partial charge in [0.05, 0.1) is 0 Å². The van der Waals surface area contributed by atoms with Crippen LogP contribution in [-0.2, 0) is 0 Å². The first-order valence-corrected chi connectivity index (χ1v) is 7.73. The number of aliphatic imine (C=N–C) groups is 1. The monoisotopic (exact) mass is 391 g/mol. The molecule has 0 saturated heterocycles. The molecule has 0 saturated carbocycles. The van der Waals surface area contributed by atoms with Crippen LogP contribution in [0.2, 0.25) is 0 Å². The summed E-state index contributed by atoms with van der Waals surface area (Å²) in [6.45, 7) is 13.1. The van der Waals surface area contributed by atoms with Gasteiger partial charge in [0.1, 0.15) is 6.17 Å². The number of halogens is 1. The Hall–Kier alpha value is -0.0813. The Labute approximate surface area is 143 Å². The fourth-order valence-corrected chi connectivity index (χ4v) is 0.338. The Kier molecular flexibility index (Phi) is 44.1. The van der Waals surface area contributed by atoms with Gasteiger partial charge in [0.15, 0.2) is 0 Å². The van der Waals surface area contributed by atoms with E-state index >= 15 is 0 Å². The molecule has 0 aromatic rings. The van der Waals surface area contributed by atoms with Crippen molar-refractivity contribution < 1.29 is 4.39 Å². The summed E-state index contributed by atoms with van der Waals surface area (Å²) in [5, 5.41) is 0. The van der Waals surface area contributed by atoms with E-state index in [1.54, 1.807) is 0 Å². The summed E-state index contributed by atoms with van der Waals surface area (Å²) in [4.78, 5) is 3.50. The molecule has 118 valence electrons. The first-order valence-electron chi connectivity index (χ1n) is 7.73. The minimum atomic E-state index is -0.975. The summed E-state index contributed by atoms with van der Waals surface area (Å²) in [5.74, 6) is 2.37. The van der Waals surface area contributed by atoms with E-state index in [4.69, 9.17) is 0 Å². The molecule has 1 rings (SSSR count). The van der Waals surface area contributed by atoms with Crippen molar-refractivity contribution in [3.63, 3.8) is 0 Å². The van der Waals surface area contributed by atoms with Crippen LogP contribution in [0.5, 0.6) is 0 Å². The van der Waals surface area contributed by atoms with Gasteiger partial charge in [-0.3, -0.25) is 0 Å². The van der Waals surface area contributed by atoms with Crippen molar-refractivity contribution in [1.29, 1.82) is 0 Å². The number of allylic oxidation sites excluding steroid dienone is 2. The zero-order chi connectivity index (χ0) is 15.4. The molecule has 0 aromatic carbocycles. The van der Waals surface area contributed by atoms with Gasteiger partial charge in [-0.2, -0.15) is 0 Å². The van der Waals surface area contributed by atoms with Gasteiger partial charge in [-0.1, -0.05) is 80.1 Å². The molecule has 0 aliphatic carbocycles. The van der Waals surface area contributed by atoms with Gasteiger partial charge in [-0.25, -0.2) is 9.38 Å². The van der Waals surface area contributed by atoms with Crippen molar-refractivity contribution in [2.45, 2.75) is 86.2 Å². The Balaban J connectivity index is -0.0000000881. The summed E-state index contributed by atoms with van der Waals surface area (Å²) in [7, 11) is 0. The van der Waals surface area contributed by atoms with Crippen LogP contribution < -0.4 is 0 Å². The van der Waals surface area contributed by atoms with Crippen molar-refractivity contribution in [2.24, 2.45) is 4.99 Å². The van der Waals surface area contributed by atoms with Gasteiger partial charge in [0.25, 0.3) is 0 Å². The van der Waals surface area contributed by atoms with Crippen molar-refractivity contribution in [3.05, 3.63) is 18.4 Å². The van der Waals surface area contributed by atoms with E-state index in [0.29, 0.717) is 0 Å². The third-order valence-electron chi connectivity index (χ3n) is 2.15. The molecule has 20 heavy (non-hydrogen) atoms. The standard InChI is InChI=1S/C5H4FN.3C4H10.Sn/c6-5-1-3-7-4-2-5;3*1-3-4-2;/h1-3,5H;3*3-4H2,1-2H3;. The normalized spacial score (nSPS) is 13.7. The smallest absolute Gasteiger partial charge is 0.147 e. The Morgan fingerprint density at radius 1 is 0.850 bits per heavy atom. The van der Waals surface area contributed by atoms with Crippen molar-refractivity contribution in [1.82, 2.24) is 0 Å². The van der Waals surface area contributed by atoms with Crippen molar-refractivity contribution in [3.8, 4) is 0 Å². The maximum Gasteiger partial charge on any atom is 0.147 e. The molecule has 3 heteroatoms. The van der Waals surface area contributed by atoms with E-state index < -0.39 is 6.17 Å². The second-order valence-corrected chi connectivity index (χ2v) is 4.21. The first kappa shape index (κ1) is 28.1. The fraction of sp³-hybridized carbons (Fsp3) is 0.765. The van der Waals surface area contributed by atoms with Crippen LogP contribution in [0.25, 0.3) is 0 Å². The van der Waals surface area contributed by atoms with Crippen LogP contribution >= 0.6 is 0 Å². The molecule has 1 unspecified atom stereocenters. The van der Waals surface area contributed by atoms with E-state index in [0.717, 1.165) is 0 Å². The number of alkyl halides is 1. The van der Waals surface area contributed by atoms with E-state index in [9.17, 15) is 4.39 Å². The minimum Gasteiger partial charge on any atom is -0.238 e. The van der Waals surface area contributed by atoms with Crippen LogP contribution in [-0.4, -0.2) is 35.9 Å². The van der Waals surface area contributed by atoms with Gasteiger partial charge in [-0.05, 0) is 11.9 Å². The van der Waals surface area contributed by atoms with Crippen LogP contribution in [0.3, 0.4) is 0 Å². The Bertz CT molecular complexity index is 206. The molecule has 0 fully saturated rings. The van der Waals surface area contributed by atoms with Gasteiger partial charge < -0.3 is 0 Å². The predicted octanol–water partition coefficient (Wildman–Crippen LogP) is 6.12. The topological polar surface area (TPSA) is 12.4 Å². The molecule has 0 amide bonds. The average molecular weight is 390 g/mol. The van der Waals surface area contributed by atoms with E-state index in [-0.39, 0.29) is 23.9 Å². The molecule has 4 radical (unpaired) electrons. The zero-order valence-electron chi connectivity index (χ0n) is 14.4. The van der Waals surface area contributed by atoms with Crippen LogP contribution in [0.1, 0.15) is 80.1 Å². The van der Waals surface area contributed by atoms with E-state index in [1.807, 2.05) is 0 Å². The molecule has 0 bridgehead atoms. The minimum absolute atomic E-state index is 0. The van der Waals surface area contributed by atoms with Gasteiger partial charge in [-0.15, -0.1) is 0 Å². The molecule has 0 spiro atoms. The summed E-state index contributed by atoms with van der Waals surface area (Å²) < 4.78 is 11.9. The van der Waals surface area contributed by atoms with Crippen LogP contribution in [0.4, 0.5) is 4.39 Å². The largest absolute Gasteiger partial charge is 0.238 e. The van der Waals surface area contributed by atoms with Crippen LogP contribution in [0.15, 0.2) is 23.3 Å². The summed E-state index contributed by atoms with van der Waals surface area (Å²) >= 11 is 0. The molecular formula is C17H34FNSn. The van der Waals surface area contributed by atoms with Crippen molar-refractivity contribution >= 4 is 29.8 Å². The predicted molar refractivity (Wildman–Crippen MR) is 93.5 cm³/mol. The number of nitrogens with zero attached hydrogens (tertiary/aromatic N) is 1. The van der Waals surface area contributed by atoms with E-state index in [1.165, 1.54) is 56.9 Å². The molecular weight excluding hydrogens is 356 g/mol.